The molecule has 2 aromatic heterocycles. The van der Waals surface area contributed by atoms with Crippen molar-refractivity contribution in [3.63, 3.8) is 0 Å². The van der Waals surface area contributed by atoms with Crippen LogP contribution in [0.1, 0.15) is 49.4 Å². The first kappa shape index (κ1) is 12.5. The predicted octanol–water partition coefficient (Wildman–Crippen LogP) is 1.66. The Bertz CT molecular complexity index is 604. The molecule has 2 aromatic rings. The van der Waals surface area contributed by atoms with E-state index in [2.05, 4.69) is 20.6 Å². The van der Waals surface area contributed by atoms with Gasteiger partial charge in [0.2, 0.25) is 10.9 Å². The average molecular weight is 279 g/mol. The van der Waals surface area contributed by atoms with Gasteiger partial charge in [0.1, 0.15) is 5.01 Å². The molecule has 7 heteroatoms. The van der Waals surface area contributed by atoms with Crippen LogP contribution in [0.5, 0.6) is 0 Å². The smallest absolute Gasteiger partial charge is 0.234 e. The highest BCUT2D eigenvalue weighted by molar-refractivity contribution is 7.16. The van der Waals surface area contributed by atoms with Crippen molar-refractivity contribution < 1.29 is 4.79 Å². The van der Waals surface area contributed by atoms with Crippen molar-refractivity contribution in [3.05, 3.63) is 10.8 Å². The van der Waals surface area contributed by atoms with E-state index < -0.39 is 0 Å². The van der Waals surface area contributed by atoms with Gasteiger partial charge in [-0.2, -0.15) is 9.61 Å². The second kappa shape index (κ2) is 4.88. The van der Waals surface area contributed by atoms with E-state index in [1.54, 1.807) is 18.3 Å². The predicted molar refractivity (Wildman–Crippen MR) is 72.2 cm³/mol. The van der Waals surface area contributed by atoms with Crippen LogP contribution >= 0.6 is 11.3 Å². The molecule has 2 atom stereocenters. The summed E-state index contributed by atoms with van der Waals surface area (Å²) >= 11 is 1.61. The van der Waals surface area contributed by atoms with Gasteiger partial charge in [0, 0.05) is 18.9 Å². The number of aromatic nitrogens is 4. The molecule has 0 aromatic carbocycles. The lowest BCUT2D eigenvalue weighted by Gasteiger charge is -2.27. The van der Waals surface area contributed by atoms with Gasteiger partial charge in [0.25, 0.3) is 0 Å². The maximum Gasteiger partial charge on any atom is 0.234 e. The molecule has 0 spiro atoms. The molecule has 1 fully saturated rings. The lowest BCUT2D eigenvalue weighted by molar-refractivity contribution is -0.119. The highest BCUT2D eigenvalue weighted by atomic mass is 32.1. The van der Waals surface area contributed by atoms with Crippen LogP contribution in [0.2, 0.25) is 0 Å². The van der Waals surface area contributed by atoms with Crippen LogP contribution < -0.4 is 5.32 Å². The molecule has 1 aliphatic carbocycles. The Hall–Kier alpha value is -1.50. The average Bonchev–Trinajstić information content (AvgIpc) is 2.92. The van der Waals surface area contributed by atoms with Gasteiger partial charge >= 0.3 is 0 Å². The third-order valence-corrected chi connectivity index (χ3v) is 4.65. The molecule has 19 heavy (non-hydrogen) atoms. The van der Waals surface area contributed by atoms with Crippen LogP contribution in [-0.4, -0.2) is 31.8 Å². The second-order valence-corrected chi connectivity index (χ2v) is 6.13. The number of hydrogen-bond acceptors (Lipinski definition) is 5. The fourth-order valence-corrected chi connectivity index (χ4v) is 3.76. The highest BCUT2D eigenvalue weighted by Gasteiger charge is 2.26. The summed E-state index contributed by atoms with van der Waals surface area (Å²) in [6, 6.07) is 0.284. The first-order valence-electron chi connectivity index (χ1n) is 6.59. The summed E-state index contributed by atoms with van der Waals surface area (Å²) in [6.45, 7) is 3.49. The summed E-state index contributed by atoms with van der Waals surface area (Å²) in [5.74, 6) is 1.31. The molecule has 1 N–H and O–H groups in total. The summed E-state index contributed by atoms with van der Waals surface area (Å²) in [7, 11) is 0. The van der Waals surface area contributed by atoms with Crippen LogP contribution in [-0.2, 0) is 4.79 Å². The van der Waals surface area contributed by atoms with Crippen molar-refractivity contribution >= 4 is 22.2 Å². The van der Waals surface area contributed by atoms with Crippen molar-refractivity contribution in [1.29, 1.82) is 0 Å². The van der Waals surface area contributed by atoms with Crippen LogP contribution in [0, 0.1) is 6.92 Å². The van der Waals surface area contributed by atoms with Gasteiger partial charge < -0.3 is 5.32 Å². The van der Waals surface area contributed by atoms with Crippen molar-refractivity contribution in [3.8, 4) is 0 Å². The molecule has 1 saturated carbocycles. The molecule has 1 amide bonds. The van der Waals surface area contributed by atoms with E-state index in [1.165, 1.54) is 0 Å². The van der Waals surface area contributed by atoms with Gasteiger partial charge in [-0.25, -0.2) is 0 Å². The Kier molecular flexibility index (Phi) is 3.22. The zero-order valence-corrected chi connectivity index (χ0v) is 11.9. The number of aryl methyl sites for hydroxylation is 1. The molecule has 102 valence electrons. The zero-order valence-electron chi connectivity index (χ0n) is 11.1. The molecule has 0 bridgehead atoms. The van der Waals surface area contributed by atoms with Gasteiger partial charge in [0.15, 0.2) is 5.82 Å². The van der Waals surface area contributed by atoms with Gasteiger partial charge in [-0.3, -0.25) is 4.79 Å². The summed E-state index contributed by atoms with van der Waals surface area (Å²) in [6.07, 6.45) is 4.32. The number of amides is 1. The van der Waals surface area contributed by atoms with Gasteiger partial charge in [-0.05, 0) is 26.2 Å². The van der Waals surface area contributed by atoms with E-state index in [9.17, 15) is 4.79 Å². The van der Waals surface area contributed by atoms with Crippen molar-refractivity contribution in [1.82, 2.24) is 25.1 Å². The maximum absolute atomic E-state index is 11.2. The van der Waals surface area contributed by atoms with Crippen molar-refractivity contribution in [2.75, 3.05) is 0 Å². The fraction of sp³-hybridized carbons (Fsp3) is 0.667. The first-order valence-corrected chi connectivity index (χ1v) is 7.41. The first-order chi connectivity index (χ1) is 9.13. The van der Waals surface area contributed by atoms with E-state index in [-0.39, 0.29) is 11.9 Å². The Balaban J connectivity index is 1.78. The summed E-state index contributed by atoms with van der Waals surface area (Å²) in [5.41, 5.74) is 0. The van der Waals surface area contributed by atoms with E-state index in [0.717, 1.165) is 41.5 Å². The van der Waals surface area contributed by atoms with Crippen LogP contribution in [0.25, 0.3) is 4.96 Å². The number of hydrogen-bond donors (Lipinski definition) is 1. The molecule has 6 nitrogen and oxygen atoms in total. The minimum absolute atomic E-state index is 0.0552. The molecular weight excluding hydrogens is 262 g/mol. The number of fused-ring (bicyclic) bond motifs is 1. The third-order valence-electron chi connectivity index (χ3n) is 3.59. The van der Waals surface area contributed by atoms with E-state index >= 15 is 0 Å². The Morgan fingerprint density at radius 1 is 1.42 bits per heavy atom. The van der Waals surface area contributed by atoms with Gasteiger partial charge in [-0.15, -0.1) is 10.2 Å². The van der Waals surface area contributed by atoms with Gasteiger partial charge in [-0.1, -0.05) is 17.8 Å². The molecule has 0 aliphatic heterocycles. The van der Waals surface area contributed by atoms with Crippen molar-refractivity contribution in [2.45, 2.75) is 51.5 Å². The van der Waals surface area contributed by atoms with Crippen LogP contribution in [0.3, 0.4) is 0 Å². The van der Waals surface area contributed by atoms with E-state index in [0.29, 0.717) is 5.92 Å². The number of rotatable bonds is 2. The molecule has 3 rings (SSSR count). The lowest BCUT2D eigenvalue weighted by Crippen LogP contribution is -2.36. The topological polar surface area (TPSA) is 72.2 Å². The molecule has 1 aliphatic rings. The molecule has 0 radical (unpaired) electrons. The maximum atomic E-state index is 11.2. The second-order valence-electron chi connectivity index (χ2n) is 5.14. The standard InChI is InChI=1S/C12H17N5OS/c1-7-14-15-12-17(7)16-11(19-12)9-4-3-5-10(6-9)13-8(2)18/h9-10H,3-6H2,1-2H3,(H,13,18). The minimum Gasteiger partial charge on any atom is -0.354 e. The third kappa shape index (κ3) is 2.47. The SMILES string of the molecule is CC(=O)NC1CCCC(c2nn3c(C)nnc3s2)C1. The van der Waals surface area contributed by atoms with Crippen LogP contribution in [0.4, 0.5) is 0 Å². The normalized spacial score (nSPS) is 23.7. The van der Waals surface area contributed by atoms with Crippen LogP contribution in [0.15, 0.2) is 0 Å². The Labute approximate surface area is 115 Å². The van der Waals surface area contributed by atoms with E-state index in [1.807, 2.05) is 11.4 Å². The molecule has 0 saturated heterocycles. The number of nitrogens with zero attached hydrogens (tertiary/aromatic N) is 4. The Morgan fingerprint density at radius 2 is 2.26 bits per heavy atom. The summed E-state index contributed by atoms with van der Waals surface area (Å²) < 4.78 is 1.81. The number of carbonyl (C=O) groups is 1. The lowest BCUT2D eigenvalue weighted by atomic mass is 9.86. The highest BCUT2D eigenvalue weighted by Crippen LogP contribution is 2.35. The molecule has 2 heterocycles. The monoisotopic (exact) mass is 279 g/mol. The Morgan fingerprint density at radius 3 is 3.00 bits per heavy atom. The number of carbonyl (C=O) groups excluding carboxylic acids is 1. The zero-order chi connectivity index (χ0) is 13.4. The summed E-state index contributed by atoms with van der Waals surface area (Å²) in [5, 5.41) is 16.8. The molecule has 2 unspecified atom stereocenters. The van der Waals surface area contributed by atoms with Gasteiger partial charge in [0.05, 0.1) is 0 Å². The minimum atomic E-state index is 0.0552. The quantitative estimate of drug-likeness (QED) is 0.907. The largest absolute Gasteiger partial charge is 0.354 e. The fourth-order valence-electron chi connectivity index (χ4n) is 2.73. The number of nitrogens with one attached hydrogen (secondary N) is 1. The summed E-state index contributed by atoms with van der Waals surface area (Å²) in [4.78, 5) is 12.0. The van der Waals surface area contributed by atoms with E-state index in [4.69, 9.17) is 0 Å². The molecular formula is C12H17N5OS. The van der Waals surface area contributed by atoms with Crippen molar-refractivity contribution in [2.24, 2.45) is 0 Å².